The molecule has 1 aliphatic heterocycles. The Kier molecular flexibility index (Phi) is 37.0. The van der Waals surface area contributed by atoms with Crippen molar-refractivity contribution in [1.29, 1.82) is 0 Å². The fourth-order valence-electron chi connectivity index (χ4n) is 7.41. The largest absolute Gasteiger partial charge is 0.457 e. The number of hydrogen-bond acceptors (Lipinski definition) is 11. The summed E-state index contributed by atoms with van der Waals surface area (Å²) in [5, 5.41) is 30.7. The van der Waals surface area contributed by atoms with Gasteiger partial charge in [0.1, 0.15) is 30.5 Å². The van der Waals surface area contributed by atoms with E-state index in [0.717, 1.165) is 57.8 Å². The molecule has 1 heterocycles. The molecule has 6 unspecified atom stereocenters. The maximum Gasteiger partial charge on any atom is 0.397 e. The van der Waals surface area contributed by atoms with Crippen molar-refractivity contribution in [2.45, 2.75) is 243 Å². The van der Waals surface area contributed by atoms with Crippen LogP contribution in [0, 0.1) is 0 Å². The smallest absolute Gasteiger partial charge is 0.397 e. The molecular weight excluding hydrogens is 789 g/mol. The van der Waals surface area contributed by atoms with Crippen molar-refractivity contribution in [2.24, 2.45) is 0 Å². The third-order valence-electron chi connectivity index (χ3n) is 11.1. The van der Waals surface area contributed by atoms with Crippen LogP contribution in [0.2, 0.25) is 0 Å². The van der Waals surface area contributed by atoms with E-state index in [1.54, 1.807) is 0 Å². The summed E-state index contributed by atoms with van der Waals surface area (Å²) in [5.41, 5.74) is 0. The number of esters is 1. The highest BCUT2D eigenvalue weighted by Crippen LogP contribution is 2.26. The molecule has 13 heteroatoms. The lowest BCUT2D eigenvalue weighted by Gasteiger charge is -2.41. The first-order valence-electron chi connectivity index (χ1n) is 24.1. The van der Waals surface area contributed by atoms with Gasteiger partial charge in [0.05, 0.1) is 19.8 Å². The lowest BCUT2D eigenvalue weighted by molar-refractivity contribution is -0.301. The fourth-order valence-corrected chi connectivity index (χ4v) is 7.92. The summed E-state index contributed by atoms with van der Waals surface area (Å²) < 4.78 is 59.1. The molecular formula is C47H88O12S. The van der Waals surface area contributed by atoms with Crippen LogP contribution < -0.4 is 0 Å². The Morgan fingerprint density at radius 1 is 0.633 bits per heavy atom. The molecule has 6 atom stereocenters. The zero-order valence-corrected chi connectivity index (χ0v) is 38.6. The lowest BCUT2D eigenvalue weighted by atomic mass is 9.99. The van der Waals surface area contributed by atoms with Gasteiger partial charge < -0.3 is 34.3 Å². The Morgan fingerprint density at radius 3 is 1.62 bits per heavy atom. The number of aliphatic hydroxyl groups excluding tert-OH is 3. The molecule has 0 aromatic heterocycles. The van der Waals surface area contributed by atoms with Gasteiger partial charge in [0.15, 0.2) is 6.29 Å². The van der Waals surface area contributed by atoms with Crippen molar-refractivity contribution >= 4 is 16.4 Å². The van der Waals surface area contributed by atoms with Gasteiger partial charge in [-0.3, -0.25) is 9.35 Å². The predicted molar refractivity (Wildman–Crippen MR) is 239 cm³/mol. The van der Waals surface area contributed by atoms with E-state index in [0.29, 0.717) is 13.0 Å². The number of unbranched alkanes of at least 4 members (excludes halogenated alkanes) is 25. The maximum atomic E-state index is 12.9. The van der Waals surface area contributed by atoms with Gasteiger partial charge in [0, 0.05) is 13.0 Å². The number of carbonyl (C=O) groups is 1. The molecule has 0 saturated carbocycles. The number of ether oxygens (including phenoxy) is 4. The van der Waals surface area contributed by atoms with E-state index in [1.807, 2.05) is 0 Å². The first-order chi connectivity index (χ1) is 29.1. The Hall–Kier alpha value is -1.42. The highest BCUT2D eigenvalue weighted by molar-refractivity contribution is 7.80. The van der Waals surface area contributed by atoms with E-state index < -0.39 is 59.8 Å². The van der Waals surface area contributed by atoms with Gasteiger partial charge in [-0.1, -0.05) is 179 Å². The zero-order chi connectivity index (χ0) is 43.9. The second-order valence-corrected chi connectivity index (χ2v) is 17.8. The van der Waals surface area contributed by atoms with Gasteiger partial charge in [-0.2, -0.15) is 8.42 Å². The van der Waals surface area contributed by atoms with Crippen LogP contribution in [-0.4, -0.2) is 97.5 Å². The summed E-state index contributed by atoms with van der Waals surface area (Å²) in [6.07, 6.45) is 34.9. The molecule has 60 heavy (non-hydrogen) atoms. The molecule has 1 saturated heterocycles. The van der Waals surface area contributed by atoms with E-state index >= 15 is 0 Å². The molecule has 12 nitrogen and oxygen atoms in total. The first-order valence-corrected chi connectivity index (χ1v) is 25.5. The van der Waals surface area contributed by atoms with Crippen LogP contribution in [0.5, 0.6) is 0 Å². The average Bonchev–Trinajstić information content (AvgIpc) is 3.22. The average molecular weight is 877 g/mol. The number of allylic oxidation sites excluding steroid dienone is 4. The van der Waals surface area contributed by atoms with Crippen LogP contribution in [0.15, 0.2) is 24.3 Å². The summed E-state index contributed by atoms with van der Waals surface area (Å²) in [6.45, 7) is 3.97. The molecule has 0 aliphatic carbocycles. The molecule has 0 bridgehead atoms. The third kappa shape index (κ3) is 32.3. The molecule has 354 valence electrons. The second-order valence-electron chi connectivity index (χ2n) is 16.7. The number of rotatable bonds is 42. The summed E-state index contributed by atoms with van der Waals surface area (Å²) >= 11 is 0. The molecule has 0 amide bonds. The van der Waals surface area contributed by atoms with Crippen LogP contribution in [0.3, 0.4) is 0 Å². The summed E-state index contributed by atoms with van der Waals surface area (Å²) in [6, 6.07) is 0. The normalized spacial score (nSPS) is 20.4. The van der Waals surface area contributed by atoms with Crippen molar-refractivity contribution in [3.63, 3.8) is 0 Å². The summed E-state index contributed by atoms with van der Waals surface area (Å²) in [5.74, 6) is -0.400. The van der Waals surface area contributed by atoms with Gasteiger partial charge in [0.25, 0.3) is 0 Å². The van der Waals surface area contributed by atoms with Crippen molar-refractivity contribution in [1.82, 2.24) is 0 Å². The third-order valence-corrected chi connectivity index (χ3v) is 11.5. The maximum absolute atomic E-state index is 12.9. The quantitative estimate of drug-likeness (QED) is 0.0198. The molecule has 4 N–H and O–H groups in total. The number of hydrogen-bond donors (Lipinski definition) is 4. The predicted octanol–water partition coefficient (Wildman–Crippen LogP) is 10.4. The van der Waals surface area contributed by atoms with Crippen LogP contribution in [0.25, 0.3) is 0 Å². The van der Waals surface area contributed by atoms with Crippen LogP contribution >= 0.6 is 0 Å². The molecule has 0 aromatic carbocycles. The van der Waals surface area contributed by atoms with Gasteiger partial charge >= 0.3 is 16.4 Å². The topological polar surface area (TPSA) is 178 Å². The SMILES string of the molecule is CCCCC/C=C\C/C=C\CCCCCCCCOCC(COC1OC(CO)C(O)C(OS(=O)(=O)O)C1O)OC(=O)CCCCCCCCCCCCCCCCCCC. The highest BCUT2D eigenvalue weighted by Gasteiger charge is 2.48. The first kappa shape index (κ1) is 56.6. The van der Waals surface area contributed by atoms with Gasteiger partial charge in [-0.05, 0) is 44.9 Å². The lowest BCUT2D eigenvalue weighted by Crippen LogP contribution is -2.60. The van der Waals surface area contributed by atoms with Crippen LogP contribution in [-0.2, 0) is 38.3 Å². The monoisotopic (exact) mass is 877 g/mol. The van der Waals surface area contributed by atoms with E-state index in [2.05, 4.69) is 42.3 Å². The minimum atomic E-state index is -5.06. The molecule has 1 fully saturated rings. The van der Waals surface area contributed by atoms with Gasteiger partial charge in [-0.15, -0.1) is 0 Å². The molecule has 0 radical (unpaired) electrons. The minimum absolute atomic E-state index is 0.0326. The number of carbonyl (C=O) groups excluding carboxylic acids is 1. The second kappa shape index (κ2) is 39.2. The standard InChI is InChI=1S/C47H88O12S/c1-3-5-7-9-11-13-15-17-19-21-22-24-26-28-30-32-34-36-43(49)57-41(40-56-47-45(51)46(59-60(52,53)54)44(50)42(38-48)58-47)39-55-37-35-33-31-29-27-25-23-20-18-16-14-12-10-8-6-4-2/h12,14,18,20,41-42,44-48,50-51H,3-11,13,15-17,19,21-40H2,1-2H3,(H,52,53,54)/b14-12-,20-18-. The Labute approximate surface area is 365 Å². The summed E-state index contributed by atoms with van der Waals surface area (Å²) in [7, 11) is -5.06. The van der Waals surface area contributed by atoms with E-state index in [4.69, 9.17) is 23.5 Å². The molecule has 1 rings (SSSR count). The van der Waals surface area contributed by atoms with Crippen molar-refractivity contribution in [2.75, 3.05) is 26.4 Å². The molecule has 0 aromatic rings. The van der Waals surface area contributed by atoms with Crippen molar-refractivity contribution < 1.29 is 56.2 Å². The van der Waals surface area contributed by atoms with Crippen molar-refractivity contribution in [3.05, 3.63) is 24.3 Å². The summed E-state index contributed by atoms with van der Waals surface area (Å²) in [4.78, 5) is 12.9. The number of aliphatic hydroxyl groups is 3. The van der Waals surface area contributed by atoms with Crippen LogP contribution in [0.1, 0.15) is 206 Å². The minimum Gasteiger partial charge on any atom is -0.457 e. The van der Waals surface area contributed by atoms with E-state index in [9.17, 15) is 28.5 Å². The zero-order valence-electron chi connectivity index (χ0n) is 37.8. The molecule has 1 aliphatic rings. The Bertz CT molecular complexity index is 1150. The van der Waals surface area contributed by atoms with E-state index in [-0.39, 0.29) is 19.6 Å². The van der Waals surface area contributed by atoms with Gasteiger partial charge in [-0.25, -0.2) is 4.18 Å². The van der Waals surface area contributed by atoms with Crippen molar-refractivity contribution in [3.8, 4) is 0 Å². The Balaban J connectivity index is 2.40. The highest BCUT2D eigenvalue weighted by atomic mass is 32.3. The fraction of sp³-hybridized carbons (Fsp3) is 0.894. The van der Waals surface area contributed by atoms with Gasteiger partial charge in [0.2, 0.25) is 0 Å². The van der Waals surface area contributed by atoms with Crippen LogP contribution in [0.4, 0.5) is 0 Å². The Morgan fingerprint density at radius 2 is 1.10 bits per heavy atom. The van der Waals surface area contributed by atoms with E-state index in [1.165, 1.54) is 122 Å². The molecule has 0 spiro atoms.